The van der Waals surface area contributed by atoms with Crippen LogP contribution in [0, 0.1) is 6.92 Å². The molecule has 0 aliphatic carbocycles. The minimum absolute atomic E-state index is 0.102. The van der Waals surface area contributed by atoms with Crippen LogP contribution in [0.3, 0.4) is 0 Å². The van der Waals surface area contributed by atoms with Gasteiger partial charge in [-0.25, -0.2) is 13.1 Å². The van der Waals surface area contributed by atoms with Gasteiger partial charge in [0.15, 0.2) is 11.5 Å². The highest BCUT2D eigenvalue weighted by Gasteiger charge is 2.15. The number of aryl methyl sites for hydroxylation is 1. The van der Waals surface area contributed by atoms with E-state index in [0.29, 0.717) is 27.8 Å². The third kappa shape index (κ3) is 4.78. The number of hydrogen-bond acceptors (Lipinski definition) is 5. The van der Waals surface area contributed by atoms with Gasteiger partial charge in [-0.05, 0) is 42.8 Å². The predicted octanol–water partition coefficient (Wildman–Crippen LogP) is 3.02. The number of sulfonamides is 1. The standard InChI is InChI=1S/C17H20ClNO5S/c1-12-11-13(7-8-14(12)18)25(20,21)19-9-10-24-16-6-4-5-15(22-2)17(16)23-3/h4-8,11,19H,9-10H2,1-3H3. The molecule has 8 heteroatoms. The second-order valence-corrected chi connectivity index (χ2v) is 7.32. The van der Waals surface area contributed by atoms with Gasteiger partial charge in [-0.2, -0.15) is 0 Å². The van der Waals surface area contributed by atoms with Crippen LogP contribution in [0.4, 0.5) is 0 Å². The molecule has 0 saturated heterocycles. The van der Waals surface area contributed by atoms with Crippen LogP contribution in [0.1, 0.15) is 5.56 Å². The number of nitrogens with one attached hydrogen (secondary N) is 1. The molecule has 0 fully saturated rings. The number of benzene rings is 2. The summed E-state index contributed by atoms with van der Waals surface area (Å²) in [7, 11) is -0.585. The van der Waals surface area contributed by atoms with E-state index in [1.54, 1.807) is 31.2 Å². The Morgan fingerprint density at radius 2 is 1.80 bits per heavy atom. The number of rotatable bonds is 8. The molecule has 25 heavy (non-hydrogen) atoms. The Hall–Kier alpha value is -1.96. The van der Waals surface area contributed by atoms with Crippen LogP contribution in [0.25, 0.3) is 0 Å². The van der Waals surface area contributed by atoms with Crippen LogP contribution in [0.15, 0.2) is 41.3 Å². The van der Waals surface area contributed by atoms with Crippen molar-refractivity contribution >= 4 is 21.6 Å². The summed E-state index contributed by atoms with van der Waals surface area (Å²) >= 11 is 5.92. The van der Waals surface area contributed by atoms with Gasteiger partial charge >= 0.3 is 0 Å². The lowest BCUT2D eigenvalue weighted by Crippen LogP contribution is -2.28. The summed E-state index contributed by atoms with van der Waals surface area (Å²) in [5.74, 6) is 1.47. The predicted molar refractivity (Wildman–Crippen MR) is 96.4 cm³/mol. The zero-order valence-corrected chi connectivity index (χ0v) is 15.8. The van der Waals surface area contributed by atoms with Crippen molar-refractivity contribution in [1.82, 2.24) is 4.72 Å². The van der Waals surface area contributed by atoms with E-state index in [0.717, 1.165) is 0 Å². The summed E-state index contributed by atoms with van der Waals surface area (Å²) in [6.45, 7) is 1.99. The van der Waals surface area contributed by atoms with Crippen LogP contribution in [0.2, 0.25) is 5.02 Å². The molecule has 0 amide bonds. The average Bonchev–Trinajstić information content (AvgIpc) is 2.60. The van der Waals surface area contributed by atoms with Crippen molar-refractivity contribution in [1.29, 1.82) is 0 Å². The van der Waals surface area contributed by atoms with E-state index in [1.807, 2.05) is 0 Å². The molecule has 0 spiro atoms. The molecule has 0 unspecified atom stereocenters. The minimum atomic E-state index is -3.63. The lowest BCUT2D eigenvalue weighted by Gasteiger charge is -2.14. The summed E-state index contributed by atoms with van der Waals surface area (Å²) in [6.07, 6.45) is 0. The van der Waals surface area contributed by atoms with E-state index in [9.17, 15) is 8.42 Å². The van der Waals surface area contributed by atoms with E-state index in [4.69, 9.17) is 25.8 Å². The third-order valence-electron chi connectivity index (χ3n) is 3.46. The van der Waals surface area contributed by atoms with E-state index < -0.39 is 10.0 Å². The smallest absolute Gasteiger partial charge is 0.240 e. The van der Waals surface area contributed by atoms with Gasteiger partial charge in [0.1, 0.15) is 6.61 Å². The van der Waals surface area contributed by atoms with Crippen LogP contribution >= 0.6 is 11.6 Å². The Bertz CT molecular complexity index is 839. The second-order valence-electron chi connectivity index (χ2n) is 5.15. The van der Waals surface area contributed by atoms with Crippen molar-refractivity contribution in [3.63, 3.8) is 0 Å². The topological polar surface area (TPSA) is 73.9 Å². The first-order chi connectivity index (χ1) is 11.9. The van der Waals surface area contributed by atoms with E-state index in [-0.39, 0.29) is 18.0 Å². The zero-order valence-electron chi connectivity index (χ0n) is 14.2. The highest BCUT2D eigenvalue weighted by atomic mass is 35.5. The normalized spacial score (nSPS) is 11.2. The molecule has 0 atom stereocenters. The van der Waals surface area contributed by atoms with Gasteiger partial charge in [0, 0.05) is 11.6 Å². The molecule has 0 bridgehead atoms. The van der Waals surface area contributed by atoms with Gasteiger partial charge in [-0.1, -0.05) is 17.7 Å². The summed E-state index contributed by atoms with van der Waals surface area (Å²) in [6, 6.07) is 9.77. The summed E-state index contributed by atoms with van der Waals surface area (Å²) in [4.78, 5) is 0.161. The van der Waals surface area contributed by atoms with Crippen LogP contribution < -0.4 is 18.9 Å². The van der Waals surface area contributed by atoms with Gasteiger partial charge in [-0.3, -0.25) is 0 Å². The van der Waals surface area contributed by atoms with E-state index in [2.05, 4.69) is 4.72 Å². The van der Waals surface area contributed by atoms with Crippen molar-refractivity contribution in [3.05, 3.63) is 47.0 Å². The molecule has 0 aliphatic heterocycles. The van der Waals surface area contributed by atoms with Gasteiger partial charge < -0.3 is 14.2 Å². The first-order valence-electron chi connectivity index (χ1n) is 7.48. The molecule has 0 aliphatic rings. The SMILES string of the molecule is COc1cccc(OCCNS(=O)(=O)c2ccc(Cl)c(C)c2)c1OC. The number of hydrogen-bond donors (Lipinski definition) is 1. The van der Waals surface area contributed by atoms with Gasteiger partial charge in [0.25, 0.3) is 0 Å². The molecule has 0 aromatic heterocycles. The Balaban J connectivity index is 1.98. The van der Waals surface area contributed by atoms with Crippen molar-refractivity contribution in [3.8, 4) is 17.2 Å². The summed E-state index contributed by atoms with van der Waals surface area (Å²) in [5, 5.41) is 0.521. The third-order valence-corrected chi connectivity index (χ3v) is 5.34. The van der Waals surface area contributed by atoms with Gasteiger partial charge in [0.2, 0.25) is 15.8 Å². The fraction of sp³-hybridized carbons (Fsp3) is 0.294. The quantitative estimate of drug-likeness (QED) is 0.707. The van der Waals surface area contributed by atoms with Crippen molar-refractivity contribution in [2.24, 2.45) is 0 Å². The molecule has 0 saturated carbocycles. The first-order valence-corrected chi connectivity index (χ1v) is 9.34. The fourth-order valence-corrected chi connectivity index (χ4v) is 3.39. The highest BCUT2D eigenvalue weighted by molar-refractivity contribution is 7.89. The zero-order chi connectivity index (χ0) is 18.4. The molecule has 2 rings (SSSR count). The lowest BCUT2D eigenvalue weighted by molar-refractivity contribution is 0.287. The number of halogens is 1. The summed E-state index contributed by atoms with van der Waals surface area (Å²) < 4.78 is 43.1. The first kappa shape index (κ1) is 19.4. The minimum Gasteiger partial charge on any atom is -0.493 e. The average molecular weight is 386 g/mol. The highest BCUT2D eigenvalue weighted by Crippen LogP contribution is 2.36. The maximum Gasteiger partial charge on any atom is 0.240 e. The Kier molecular flexibility index (Phi) is 6.52. The molecule has 0 radical (unpaired) electrons. The monoisotopic (exact) mass is 385 g/mol. The van der Waals surface area contributed by atoms with Crippen molar-refractivity contribution < 1.29 is 22.6 Å². The second kappa shape index (κ2) is 8.42. The largest absolute Gasteiger partial charge is 0.493 e. The maximum absolute atomic E-state index is 12.3. The number of ether oxygens (including phenoxy) is 3. The Morgan fingerprint density at radius 1 is 1.08 bits per heavy atom. The number of para-hydroxylation sites is 1. The molecule has 0 heterocycles. The van der Waals surface area contributed by atoms with Crippen molar-refractivity contribution in [2.75, 3.05) is 27.4 Å². The molecule has 2 aromatic carbocycles. The van der Waals surface area contributed by atoms with Crippen LogP contribution in [-0.2, 0) is 10.0 Å². The van der Waals surface area contributed by atoms with Crippen molar-refractivity contribution in [2.45, 2.75) is 11.8 Å². The fourth-order valence-electron chi connectivity index (χ4n) is 2.18. The van der Waals surface area contributed by atoms with Crippen LogP contribution in [-0.4, -0.2) is 35.8 Å². The molecular weight excluding hydrogens is 366 g/mol. The Labute approximate surface area is 152 Å². The lowest BCUT2D eigenvalue weighted by atomic mass is 10.2. The van der Waals surface area contributed by atoms with E-state index in [1.165, 1.54) is 26.4 Å². The molecule has 6 nitrogen and oxygen atoms in total. The van der Waals surface area contributed by atoms with Gasteiger partial charge in [-0.15, -0.1) is 0 Å². The van der Waals surface area contributed by atoms with Crippen LogP contribution in [0.5, 0.6) is 17.2 Å². The Morgan fingerprint density at radius 3 is 2.44 bits per heavy atom. The molecule has 1 N–H and O–H groups in total. The molecule has 2 aromatic rings. The van der Waals surface area contributed by atoms with E-state index >= 15 is 0 Å². The molecule has 136 valence electrons. The van der Waals surface area contributed by atoms with Gasteiger partial charge in [0.05, 0.1) is 19.1 Å². The maximum atomic E-state index is 12.3. The number of methoxy groups -OCH3 is 2. The summed E-state index contributed by atoms with van der Waals surface area (Å²) in [5.41, 5.74) is 0.696. The molecular formula is C17H20ClNO5S.